The molecule has 0 aliphatic carbocycles. The van der Waals surface area contributed by atoms with E-state index in [1.54, 1.807) is 18.2 Å². The molecule has 0 aliphatic rings. The Bertz CT molecular complexity index is 988. The molecule has 4 nitrogen and oxygen atoms in total. The number of halogens is 2. The summed E-state index contributed by atoms with van der Waals surface area (Å²) in [6.07, 6.45) is 3.35. The van der Waals surface area contributed by atoms with E-state index in [4.69, 9.17) is 27.6 Å². The molecular weight excluding hydrogens is 391 g/mol. The largest absolute Gasteiger partial charge is 0.459 e. The van der Waals surface area contributed by atoms with Gasteiger partial charge in [-0.2, -0.15) is 4.99 Å². The van der Waals surface area contributed by atoms with Crippen LogP contribution in [0.1, 0.15) is 35.7 Å². The maximum Gasteiger partial charge on any atom is 0.315 e. The Labute approximate surface area is 165 Å². The zero-order chi connectivity index (χ0) is 18.7. The SMILES string of the molecule is CCCc1sc(=NC(=O)c2ccco2)n(CC)c1-c1ccc(Cl)c(Cl)c1. The Kier molecular flexibility index (Phi) is 6.01. The van der Waals surface area contributed by atoms with Crippen LogP contribution in [0.25, 0.3) is 11.3 Å². The van der Waals surface area contributed by atoms with Crippen molar-refractivity contribution >= 4 is 40.4 Å². The average molecular weight is 409 g/mol. The predicted molar refractivity (Wildman–Crippen MR) is 106 cm³/mol. The van der Waals surface area contributed by atoms with Crippen molar-refractivity contribution < 1.29 is 9.21 Å². The van der Waals surface area contributed by atoms with Crippen molar-refractivity contribution in [3.8, 4) is 11.3 Å². The van der Waals surface area contributed by atoms with Crippen molar-refractivity contribution in [2.75, 3.05) is 0 Å². The summed E-state index contributed by atoms with van der Waals surface area (Å²) in [6, 6.07) is 8.88. The van der Waals surface area contributed by atoms with Crippen molar-refractivity contribution in [2.45, 2.75) is 33.2 Å². The number of nitrogens with zero attached hydrogens (tertiary/aromatic N) is 2. The zero-order valence-corrected chi connectivity index (χ0v) is 16.8. The molecule has 0 radical (unpaired) electrons. The van der Waals surface area contributed by atoms with E-state index in [-0.39, 0.29) is 11.7 Å². The van der Waals surface area contributed by atoms with Gasteiger partial charge in [0.05, 0.1) is 22.0 Å². The highest BCUT2D eigenvalue weighted by atomic mass is 35.5. The van der Waals surface area contributed by atoms with Gasteiger partial charge in [0.2, 0.25) is 0 Å². The van der Waals surface area contributed by atoms with Crippen LogP contribution >= 0.6 is 34.5 Å². The molecule has 0 N–H and O–H groups in total. The average Bonchev–Trinajstić information content (AvgIpc) is 3.26. The van der Waals surface area contributed by atoms with Crippen LogP contribution in [0.15, 0.2) is 46.0 Å². The quantitative estimate of drug-likeness (QED) is 0.532. The number of rotatable bonds is 5. The number of thiazole rings is 1. The number of benzene rings is 1. The van der Waals surface area contributed by atoms with Gasteiger partial charge in [-0.15, -0.1) is 11.3 Å². The Hall–Kier alpha value is -1.82. The Morgan fingerprint density at radius 2 is 2.04 bits per heavy atom. The number of aromatic nitrogens is 1. The molecule has 0 unspecified atom stereocenters. The smallest absolute Gasteiger partial charge is 0.315 e. The molecule has 7 heteroatoms. The maximum atomic E-state index is 12.4. The summed E-state index contributed by atoms with van der Waals surface area (Å²) in [5.41, 5.74) is 2.00. The summed E-state index contributed by atoms with van der Waals surface area (Å²) < 4.78 is 7.20. The van der Waals surface area contributed by atoms with Crippen LogP contribution in [0.3, 0.4) is 0 Å². The first-order valence-corrected chi connectivity index (χ1v) is 9.92. The van der Waals surface area contributed by atoms with E-state index >= 15 is 0 Å². The molecule has 0 saturated carbocycles. The lowest BCUT2D eigenvalue weighted by atomic mass is 10.1. The molecule has 26 heavy (non-hydrogen) atoms. The van der Waals surface area contributed by atoms with Gasteiger partial charge in [0, 0.05) is 17.0 Å². The number of carbonyl (C=O) groups is 1. The summed E-state index contributed by atoms with van der Waals surface area (Å²) in [7, 11) is 0. The summed E-state index contributed by atoms with van der Waals surface area (Å²) in [5.74, 6) is -0.156. The predicted octanol–water partition coefficient (Wildman–Crippen LogP) is 5.83. The summed E-state index contributed by atoms with van der Waals surface area (Å²) in [5, 5.41) is 1.02. The fraction of sp³-hybridized carbons (Fsp3) is 0.263. The first-order chi connectivity index (χ1) is 12.5. The molecular formula is C19H18Cl2N2O2S. The Balaban J connectivity index is 2.18. The highest BCUT2D eigenvalue weighted by molar-refractivity contribution is 7.09. The van der Waals surface area contributed by atoms with Gasteiger partial charge in [0.15, 0.2) is 10.6 Å². The number of aryl methyl sites for hydroxylation is 1. The number of furan rings is 1. The molecule has 2 aromatic heterocycles. The summed E-state index contributed by atoms with van der Waals surface area (Å²) in [4.78, 5) is 18.5. The molecule has 1 amide bonds. The lowest BCUT2D eigenvalue weighted by molar-refractivity contribution is 0.0971. The normalized spacial score (nSPS) is 11.9. The second-order valence-corrected chi connectivity index (χ2v) is 7.55. The van der Waals surface area contributed by atoms with Gasteiger partial charge in [-0.3, -0.25) is 4.79 Å². The first-order valence-electron chi connectivity index (χ1n) is 8.35. The van der Waals surface area contributed by atoms with E-state index in [0.29, 0.717) is 21.4 Å². The number of hydrogen-bond donors (Lipinski definition) is 0. The van der Waals surface area contributed by atoms with Crippen LogP contribution < -0.4 is 4.80 Å². The second-order valence-electron chi connectivity index (χ2n) is 5.67. The van der Waals surface area contributed by atoms with E-state index in [1.807, 2.05) is 23.6 Å². The van der Waals surface area contributed by atoms with Crippen LogP contribution in [-0.4, -0.2) is 10.5 Å². The van der Waals surface area contributed by atoms with E-state index in [9.17, 15) is 4.79 Å². The van der Waals surface area contributed by atoms with Gasteiger partial charge in [-0.1, -0.05) is 42.6 Å². The van der Waals surface area contributed by atoms with Gasteiger partial charge in [0.25, 0.3) is 0 Å². The molecule has 0 saturated heterocycles. The van der Waals surface area contributed by atoms with Gasteiger partial charge < -0.3 is 8.98 Å². The molecule has 136 valence electrons. The third kappa shape index (κ3) is 3.80. The van der Waals surface area contributed by atoms with Crippen molar-refractivity contribution in [3.05, 3.63) is 62.1 Å². The number of hydrogen-bond acceptors (Lipinski definition) is 3. The minimum absolute atomic E-state index is 0.231. The van der Waals surface area contributed by atoms with Gasteiger partial charge in [-0.25, -0.2) is 0 Å². The monoisotopic (exact) mass is 408 g/mol. The van der Waals surface area contributed by atoms with Crippen LogP contribution in [0.5, 0.6) is 0 Å². The van der Waals surface area contributed by atoms with Crippen LogP contribution in [0, 0.1) is 0 Å². The van der Waals surface area contributed by atoms with Gasteiger partial charge >= 0.3 is 5.91 Å². The molecule has 0 spiro atoms. The lowest BCUT2D eigenvalue weighted by Gasteiger charge is -2.10. The highest BCUT2D eigenvalue weighted by Crippen LogP contribution is 2.32. The van der Waals surface area contributed by atoms with Crippen molar-refractivity contribution in [2.24, 2.45) is 4.99 Å². The van der Waals surface area contributed by atoms with Crippen molar-refractivity contribution in [1.82, 2.24) is 4.57 Å². The van der Waals surface area contributed by atoms with E-state index in [0.717, 1.165) is 24.1 Å². The molecule has 0 aliphatic heterocycles. The van der Waals surface area contributed by atoms with Crippen LogP contribution in [0.4, 0.5) is 0 Å². The molecule has 1 aromatic carbocycles. The third-order valence-corrected chi connectivity index (χ3v) is 5.77. The number of carbonyl (C=O) groups excluding carboxylic acids is 1. The highest BCUT2D eigenvalue weighted by Gasteiger charge is 2.17. The van der Waals surface area contributed by atoms with Gasteiger partial charge in [0.1, 0.15) is 0 Å². The molecule has 0 atom stereocenters. The second kappa shape index (κ2) is 8.25. The number of amides is 1. The van der Waals surface area contributed by atoms with Gasteiger partial charge in [-0.05, 0) is 37.6 Å². The molecule has 3 aromatic rings. The Morgan fingerprint density at radius 1 is 1.23 bits per heavy atom. The Morgan fingerprint density at radius 3 is 2.65 bits per heavy atom. The zero-order valence-electron chi connectivity index (χ0n) is 14.5. The minimum Gasteiger partial charge on any atom is -0.459 e. The van der Waals surface area contributed by atoms with E-state index in [1.165, 1.54) is 22.5 Å². The summed E-state index contributed by atoms with van der Waals surface area (Å²) in [6.45, 7) is 4.83. The fourth-order valence-corrected chi connectivity index (χ4v) is 4.34. The standard InChI is InChI=1S/C19H18Cl2N2O2S/c1-3-6-16-17(12-8-9-13(20)14(21)11-12)23(4-2)19(26-16)22-18(24)15-7-5-10-25-15/h5,7-11H,3-4,6H2,1-2H3. The molecule has 0 fully saturated rings. The molecule has 2 heterocycles. The first kappa shape index (κ1) is 19.0. The fourth-order valence-electron chi connectivity index (χ4n) is 2.74. The van der Waals surface area contributed by atoms with Crippen molar-refractivity contribution in [3.63, 3.8) is 0 Å². The van der Waals surface area contributed by atoms with Crippen LogP contribution in [0.2, 0.25) is 10.0 Å². The van der Waals surface area contributed by atoms with Crippen LogP contribution in [-0.2, 0) is 13.0 Å². The lowest BCUT2D eigenvalue weighted by Crippen LogP contribution is -2.17. The minimum atomic E-state index is -0.387. The molecule has 3 rings (SSSR count). The van der Waals surface area contributed by atoms with E-state index in [2.05, 4.69) is 11.9 Å². The maximum absolute atomic E-state index is 12.4. The third-order valence-electron chi connectivity index (χ3n) is 3.89. The summed E-state index contributed by atoms with van der Waals surface area (Å²) >= 11 is 13.8. The molecule has 0 bridgehead atoms. The topological polar surface area (TPSA) is 47.5 Å². The van der Waals surface area contributed by atoms with E-state index < -0.39 is 0 Å². The van der Waals surface area contributed by atoms with Crippen molar-refractivity contribution in [1.29, 1.82) is 0 Å².